The van der Waals surface area contributed by atoms with Crippen LogP contribution in [0.3, 0.4) is 0 Å². The van der Waals surface area contributed by atoms with E-state index < -0.39 is 0 Å². The molecule has 96 valence electrons. The molecule has 1 aromatic carbocycles. The first-order valence-electron chi connectivity index (χ1n) is 6.73. The molecule has 0 radical (unpaired) electrons. The molecule has 0 amide bonds. The number of nitrogens with one attached hydrogen (secondary N) is 1. The van der Waals surface area contributed by atoms with Crippen molar-refractivity contribution >= 4 is 11.5 Å². The molecule has 1 aliphatic heterocycles. The van der Waals surface area contributed by atoms with E-state index >= 15 is 0 Å². The fourth-order valence-electron chi connectivity index (χ4n) is 2.67. The number of ether oxygens (including phenoxy) is 1. The molecular formula is C15H19NO2. The summed E-state index contributed by atoms with van der Waals surface area (Å²) in [5, 5.41) is 3.54. The summed E-state index contributed by atoms with van der Waals surface area (Å²) in [7, 11) is 0. The highest BCUT2D eigenvalue weighted by atomic mass is 16.5. The fraction of sp³-hybridized carbons (Fsp3) is 0.533. The third-order valence-corrected chi connectivity index (χ3v) is 3.87. The van der Waals surface area contributed by atoms with Crippen LogP contribution < -0.4 is 5.32 Å². The van der Waals surface area contributed by atoms with E-state index in [1.54, 1.807) is 6.92 Å². The molecule has 3 nitrogen and oxygen atoms in total. The van der Waals surface area contributed by atoms with Crippen LogP contribution in [0.1, 0.15) is 36.5 Å². The molecular weight excluding hydrogens is 226 g/mol. The van der Waals surface area contributed by atoms with Crippen molar-refractivity contribution in [2.24, 2.45) is 5.92 Å². The Kier molecular flexibility index (Phi) is 3.08. The van der Waals surface area contributed by atoms with E-state index in [2.05, 4.69) is 5.32 Å². The largest absolute Gasteiger partial charge is 0.380 e. The first-order valence-corrected chi connectivity index (χ1v) is 6.73. The lowest BCUT2D eigenvalue weighted by atomic mass is 10.1. The Balaban J connectivity index is 1.66. The topological polar surface area (TPSA) is 38.3 Å². The average Bonchev–Trinajstić information content (AvgIpc) is 3.11. The summed E-state index contributed by atoms with van der Waals surface area (Å²) in [6.45, 7) is 2.46. The number of carbonyl (C=O) groups excluding carboxylic acids is 1. The number of anilines is 1. The van der Waals surface area contributed by atoms with E-state index in [-0.39, 0.29) is 5.78 Å². The van der Waals surface area contributed by atoms with Gasteiger partial charge in [-0.05, 0) is 56.4 Å². The molecule has 0 aromatic heterocycles. The van der Waals surface area contributed by atoms with Gasteiger partial charge < -0.3 is 10.1 Å². The first kappa shape index (κ1) is 11.7. The van der Waals surface area contributed by atoms with Gasteiger partial charge in [0.1, 0.15) is 0 Å². The first-order chi connectivity index (χ1) is 8.74. The van der Waals surface area contributed by atoms with E-state index in [1.807, 2.05) is 24.3 Å². The maximum atomic E-state index is 11.2. The molecule has 2 unspecified atom stereocenters. The molecule has 2 aliphatic rings. The molecule has 1 N–H and O–H groups in total. The molecule has 18 heavy (non-hydrogen) atoms. The van der Waals surface area contributed by atoms with Gasteiger partial charge in [-0.1, -0.05) is 0 Å². The summed E-state index contributed by atoms with van der Waals surface area (Å²) in [5.41, 5.74) is 1.85. The zero-order chi connectivity index (χ0) is 12.5. The predicted octanol–water partition coefficient (Wildman–Crippen LogP) is 2.87. The fourth-order valence-corrected chi connectivity index (χ4v) is 2.67. The Morgan fingerprint density at radius 2 is 1.94 bits per heavy atom. The van der Waals surface area contributed by atoms with Crippen molar-refractivity contribution in [1.29, 1.82) is 0 Å². The zero-order valence-electron chi connectivity index (χ0n) is 10.7. The number of rotatable bonds is 4. The highest BCUT2D eigenvalue weighted by Crippen LogP contribution is 2.39. The minimum absolute atomic E-state index is 0.113. The van der Waals surface area contributed by atoms with Gasteiger partial charge in [0, 0.05) is 17.9 Å². The summed E-state index contributed by atoms with van der Waals surface area (Å²) in [4.78, 5) is 11.2. The second kappa shape index (κ2) is 4.73. The summed E-state index contributed by atoms with van der Waals surface area (Å²) >= 11 is 0. The van der Waals surface area contributed by atoms with Gasteiger partial charge in [0.25, 0.3) is 0 Å². The van der Waals surface area contributed by atoms with Gasteiger partial charge in [-0.3, -0.25) is 4.79 Å². The molecule has 1 saturated heterocycles. The van der Waals surface area contributed by atoms with Crippen LogP contribution in [0.5, 0.6) is 0 Å². The Labute approximate surface area is 108 Å². The number of ketones is 1. The molecule has 1 heterocycles. The van der Waals surface area contributed by atoms with Crippen LogP contribution in [0.4, 0.5) is 5.69 Å². The minimum atomic E-state index is 0.113. The third-order valence-electron chi connectivity index (χ3n) is 3.87. The minimum Gasteiger partial charge on any atom is -0.380 e. The van der Waals surface area contributed by atoms with Crippen molar-refractivity contribution in [1.82, 2.24) is 0 Å². The lowest BCUT2D eigenvalue weighted by molar-refractivity contribution is 0.0898. The van der Waals surface area contributed by atoms with Crippen LogP contribution in [0.15, 0.2) is 24.3 Å². The number of Topliss-reactive ketones (excluding diaryl/α,β-unsaturated/α-hetero) is 1. The van der Waals surface area contributed by atoms with Crippen LogP contribution in [0.2, 0.25) is 0 Å². The quantitative estimate of drug-likeness (QED) is 0.829. The van der Waals surface area contributed by atoms with E-state index in [1.165, 1.54) is 12.8 Å². The van der Waals surface area contributed by atoms with Crippen LogP contribution in [0.25, 0.3) is 0 Å². The molecule has 1 saturated carbocycles. The lowest BCUT2D eigenvalue weighted by Gasteiger charge is -2.20. The monoisotopic (exact) mass is 245 g/mol. The molecule has 3 heteroatoms. The van der Waals surface area contributed by atoms with Gasteiger partial charge in [0.2, 0.25) is 0 Å². The molecule has 2 atom stereocenters. The van der Waals surface area contributed by atoms with Crippen molar-refractivity contribution in [2.45, 2.75) is 38.3 Å². The number of benzene rings is 1. The number of hydrogen-bond donors (Lipinski definition) is 1. The zero-order valence-corrected chi connectivity index (χ0v) is 10.7. The summed E-state index contributed by atoms with van der Waals surface area (Å²) in [5.74, 6) is 0.878. The third kappa shape index (κ3) is 2.41. The van der Waals surface area contributed by atoms with Gasteiger partial charge in [-0.15, -0.1) is 0 Å². The molecule has 0 spiro atoms. The van der Waals surface area contributed by atoms with Crippen molar-refractivity contribution in [3.8, 4) is 0 Å². The maximum absolute atomic E-state index is 11.2. The number of hydrogen-bond acceptors (Lipinski definition) is 3. The van der Waals surface area contributed by atoms with Gasteiger partial charge >= 0.3 is 0 Å². The number of carbonyl (C=O) groups is 1. The summed E-state index contributed by atoms with van der Waals surface area (Å²) in [6.07, 6.45) is 4.09. The van der Waals surface area contributed by atoms with E-state index in [9.17, 15) is 4.79 Å². The van der Waals surface area contributed by atoms with Crippen LogP contribution in [-0.4, -0.2) is 24.5 Å². The van der Waals surface area contributed by atoms with Gasteiger partial charge in [-0.25, -0.2) is 0 Å². The Morgan fingerprint density at radius 1 is 1.22 bits per heavy atom. The van der Waals surface area contributed by atoms with E-state index in [0.717, 1.165) is 30.2 Å². The smallest absolute Gasteiger partial charge is 0.159 e. The maximum Gasteiger partial charge on any atom is 0.159 e. The Morgan fingerprint density at radius 3 is 2.56 bits per heavy atom. The van der Waals surface area contributed by atoms with Gasteiger partial charge in [0.15, 0.2) is 5.78 Å². The van der Waals surface area contributed by atoms with Crippen molar-refractivity contribution in [3.63, 3.8) is 0 Å². The van der Waals surface area contributed by atoms with E-state index in [4.69, 9.17) is 4.74 Å². The molecule has 0 bridgehead atoms. The van der Waals surface area contributed by atoms with Crippen molar-refractivity contribution < 1.29 is 9.53 Å². The Bertz CT molecular complexity index is 436. The molecule has 3 rings (SSSR count). The highest BCUT2D eigenvalue weighted by Gasteiger charge is 2.40. The SMILES string of the molecule is CC(=O)c1ccc(NC2CCOC2C2CC2)cc1. The Hall–Kier alpha value is -1.35. The van der Waals surface area contributed by atoms with Crippen LogP contribution in [0, 0.1) is 5.92 Å². The van der Waals surface area contributed by atoms with Crippen LogP contribution >= 0.6 is 0 Å². The molecule has 2 fully saturated rings. The second-order valence-corrected chi connectivity index (χ2v) is 5.35. The molecule has 1 aromatic rings. The highest BCUT2D eigenvalue weighted by molar-refractivity contribution is 5.94. The predicted molar refractivity (Wildman–Crippen MR) is 70.9 cm³/mol. The lowest BCUT2D eigenvalue weighted by Crippen LogP contribution is -2.30. The van der Waals surface area contributed by atoms with Crippen molar-refractivity contribution in [2.75, 3.05) is 11.9 Å². The standard InChI is InChI=1S/C15H19NO2/c1-10(17)11-4-6-13(7-5-11)16-14-8-9-18-15(14)12-2-3-12/h4-7,12,14-16H,2-3,8-9H2,1H3. The summed E-state index contributed by atoms with van der Waals surface area (Å²) in [6, 6.07) is 8.16. The van der Waals surface area contributed by atoms with Gasteiger partial charge in [-0.2, -0.15) is 0 Å². The molecule has 1 aliphatic carbocycles. The van der Waals surface area contributed by atoms with Crippen LogP contribution in [-0.2, 0) is 4.74 Å². The summed E-state index contributed by atoms with van der Waals surface area (Å²) < 4.78 is 5.81. The van der Waals surface area contributed by atoms with Crippen molar-refractivity contribution in [3.05, 3.63) is 29.8 Å². The average molecular weight is 245 g/mol. The normalized spacial score (nSPS) is 27.2. The second-order valence-electron chi connectivity index (χ2n) is 5.35. The van der Waals surface area contributed by atoms with Gasteiger partial charge in [0.05, 0.1) is 12.1 Å². The van der Waals surface area contributed by atoms with E-state index in [0.29, 0.717) is 12.1 Å².